The number of hydrogen-bond donors (Lipinski definition) is 1. The molecule has 0 amide bonds. The molecule has 19 heavy (non-hydrogen) atoms. The Hall–Kier alpha value is -2.36. The van der Waals surface area contributed by atoms with Gasteiger partial charge in [-0.2, -0.15) is 0 Å². The van der Waals surface area contributed by atoms with Crippen LogP contribution in [0.2, 0.25) is 0 Å². The smallest absolute Gasteiger partial charge is 0.271 e. The number of benzene rings is 2. The zero-order chi connectivity index (χ0) is 13.8. The molecule has 2 rings (SSSR count). The summed E-state index contributed by atoms with van der Waals surface area (Å²) in [7, 11) is 0. The molecule has 4 nitrogen and oxygen atoms in total. The van der Waals surface area contributed by atoms with Crippen molar-refractivity contribution in [3.8, 4) is 0 Å². The van der Waals surface area contributed by atoms with E-state index in [0.29, 0.717) is 6.54 Å². The van der Waals surface area contributed by atoms with Crippen molar-refractivity contribution in [3.05, 3.63) is 69.3 Å². The molecule has 0 saturated heterocycles. The Labute approximate surface area is 112 Å². The van der Waals surface area contributed by atoms with Gasteiger partial charge >= 0.3 is 0 Å². The SMILES string of the molecule is Cc1cc(C)cc(CNc2cccc([N+](=O)[O-])c2)c1. The van der Waals surface area contributed by atoms with Crippen LogP contribution >= 0.6 is 0 Å². The molecule has 0 radical (unpaired) electrons. The molecule has 0 aliphatic rings. The first kappa shape index (κ1) is 13.1. The van der Waals surface area contributed by atoms with Gasteiger partial charge < -0.3 is 5.32 Å². The van der Waals surface area contributed by atoms with Crippen LogP contribution in [0.4, 0.5) is 11.4 Å². The van der Waals surface area contributed by atoms with E-state index in [4.69, 9.17) is 0 Å². The van der Waals surface area contributed by atoms with Crippen LogP contribution in [-0.4, -0.2) is 4.92 Å². The lowest BCUT2D eigenvalue weighted by Gasteiger charge is -2.08. The van der Waals surface area contributed by atoms with Crippen molar-refractivity contribution in [2.24, 2.45) is 0 Å². The monoisotopic (exact) mass is 256 g/mol. The number of nitro groups is 1. The molecule has 0 aromatic heterocycles. The predicted molar refractivity (Wildman–Crippen MR) is 76.3 cm³/mol. The molecule has 2 aromatic carbocycles. The number of hydrogen-bond acceptors (Lipinski definition) is 3. The molecule has 0 unspecified atom stereocenters. The highest BCUT2D eigenvalue weighted by Crippen LogP contribution is 2.18. The van der Waals surface area contributed by atoms with Gasteiger partial charge in [-0.1, -0.05) is 35.4 Å². The van der Waals surface area contributed by atoms with Crippen molar-refractivity contribution >= 4 is 11.4 Å². The van der Waals surface area contributed by atoms with Crippen LogP contribution in [0.5, 0.6) is 0 Å². The average Bonchev–Trinajstić information content (AvgIpc) is 2.35. The van der Waals surface area contributed by atoms with E-state index in [1.165, 1.54) is 22.8 Å². The number of nitrogens with zero attached hydrogens (tertiary/aromatic N) is 1. The zero-order valence-corrected chi connectivity index (χ0v) is 11.0. The zero-order valence-electron chi connectivity index (χ0n) is 11.0. The van der Waals surface area contributed by atoms with Gasteiger partial charge in [0.05, 0.1) is 4.92 Å². The number of non-ortho nitro benzene ring substituents is 1. The molecule has 0 fully saturated rings. The summed E-state index contributed by atoms with van der Waals surface area (Å²) >= 11 is 0. The summed E-state index contributed by atoms with van der Waals surface area (Å²) < 4.78 is 0. The van der Waals surface area contributed by atoms with Crippen molar-refractivity contribution < 1.29 is 4.92 Å². The lowest BCUT2D eigenvalue weighted by atomic mass is 10.1. The first-order chi connectivity index (χ1) is 9.04. The molecule has 0 atom stereocenters. The summed E-state index contributed by atoms with van der Waals surface area (Å²) in [6, 6.07) is 12.9. The molecule has 0 aliphatic carbocycles. The molecule has 0 heterocycles. The van der Waals surface area contributed by atoms with Crippen LogP contribution in [-0.2, 0) is 6.54 Å². The van der Waals surface area contributed by atoms with Crippen LogP contribution in [0.15, 0.2) is 42.5 Å². The Bertz CT molecular complexity index is 589. The summed E-state index contributed by atoms with van der Waals surface area (Å²) in [5.74, 6) is 0. The average molecular weight is 256 g/mol. The van der Waals surface area contributed by atoms with Gasteiger partial charge in [-0.05, 0) is 25.5 Å². The van der Waals surface area contributed by atoms with Crippen LogP contribution in [0.3, 0.4) is 0 Å². The molecule has 1 N–H and O–H groups in total. The number of rotatable bonds is 4. The van der Waals surface area contributed by atoms with Gasteiger partial charge in [0, 0.05) is 24.4 Å². The van der Waals surface area contributed by atoms with Gasteiger partial charge in [0.25, 0.3) is 5.69 Å². The minimum atomic E-state index is -0.387. The number of anilines is 1. The third kappa shape index (κ3) is 3.55. The minimum absolute atomic E-state index is 0.102. The summed E-state index contributed by atoms with van der Waals surface area (Å²) in [5, 5.41) is 13.9. The van der Waals surface area contributed by atoms with Crippen molar-refractivity contribution in [3.63, 3.8) is 0 Å². The quantitative estimate of drug-likeness (QED) is 0.668. The summed E-state index contributed by atoms with van der Waals surface area (Å²) in [5.41, 5.74) is 4.47. The van der Waals surface area contributed by atoms with E-state index in [1.807, 2.05) is 6.07 Å². The topological polar surface area (TPSA) is 55.2 Å². The fourth-order valence-corrected chi connectivity index (χ4v) is 2.10. The number of aryl methyl sites for hydroxylation is 2. The highest BCUT2D eigenvalue weighted by Gasteiger charge is 2.05. The largest absolute Gasteiger partial charge is 0.381 e. The van der Waals surface area contributed by atoms with E-state index in [2.05, 4.69) is 37.4 Å². The van der Waals surface area contributed by atoms with E-state index < -0.39 is 0 Å². The maximum atomic E-state index is 10.7. The Morgan fingerprint density at radius 3 is 2.42 bits per heavy atom. The van der Waals surface area contributed by atoms with Gasteiger partial charge in [0.1, 0.15) is 0 Å². The second kappa shape index (κ2) is 5.52. The third-order valence-electron chi connectivity index (χ3n) is 2.84. The summed E-state index contributed by atoms with van der Waals surface area (Å²) in [4.78, 5) is 10.3. The van der Waals surface area contributed by atoms with Gasteiger partial charge in [-0.15, -0.1) is 0 Å². The fraction of sp³-hybridized carbons (Fsp3) is 0.200. The molecule has 4 heteroatoms. The van der Waals surface area contributed by atoms with Crippen LogP contribution in [0.25, 0.3) is 0 Å². The Kier molecular flexibility index (Phi) is 3.80. The molecule has 0 bridgehead atoms. The van der Waals surface area contributed by atoms with Crippen molar-refractivity contribution in [1.82, 2.24) is 0 Å². The van der Waals surface area contributed by atoms with E-state index in [-0.39, 0.29) is 10.6 Å². The van der Waals surface area contributed by atoms with E-state index in [9.17, 15) is 10.1 Å². The lowest BCUT2D eigenvalue weighted by molar-refractivity contribution is -0.384. The highest BCUT2D eigenvalue weighted by atomic mass is 16.6. The van der Waals surface area contributed by atoms with Gasteiger partial charge in [0.2, 0.25) is 0 Å². The normalized spacial score (nSPS) is 10.2. The maximum Gasteiger partial charge on any atom is 0.271 e. The maximum absolute atomic E-state index is 10.7. The van der Waals surface area contributed by atoms with E-state index in [0.717, 1.165) is 5.69 Å². The lowest BCUT2D eigenvalue weighted by Crippen LogP contribution is -2.00. The summed E-state index contributed by atoms with van der Waals surface area (Å²) in [6.07, 6.45) is 0. The molecular formula is C15H16N2O2. The number of nitro benzene ring substituents is 1. The van der Waals surface area contributed by atoms with E-state index >= 15 is 0 Å². The van der Waals surface area contributed by atoms with Crippen LogP contribution < -0.4 is 5.32 Å². The van der Waals surface area contributed by atoms with E-state index in [1.54, 1.807) is 12.1 Å². The fourth-order valence-electron chi connectivity index (χ4n) is 2.10. The third-order valence-corrected chi connectivity index (χ3v) is 2.84. The van der Waals surface area contributed by atoms with Gasteiger partial charge in [0.15, 0.2) is 0 Å². The molecule has 0 aliphatic heterocycles. The highest BCUT2D eigenvalue weighted by molar-refractivity contribution is 5.51. The van der Waals surface area contributed by atoms with Gasteiger partial charge in [-0.25, -0.2) is 0 Å². The Balaban J connectivity index is 2.10. The minimum Gasteiger partial charge on any atom is -0.381 e. The molecular weight excluding hydrogens is 240 g/mol. The van der Waals surface area contributed by atoms with Crippen molar-refractivity contribution in [2.45, 2.75) is 20.4 Å². The number of nitrogens with one attached hydrogen (secondary N) is 1. The second-order valence-corrected chi connectivity index (χ2v) is 4.66. The van der Waals surface area contributed by atoms with Crippen molar-refractivity contribution in [1.29, 1.82) is 0 Å². The van der Waals surface area contributed by atoms with Crippen LogP contribution in [0, 0.1) is 24.0 Å². The predicted octanol–water partition coefficient (Wildman–Crippen LogP) is 3.82. The summed E-state index contributed by atoms with van der Waals surface area (Å²) in [6.45, 7) is 4.78. The van der Waals surface area contributed by atoms with Crippen molar-refractivity contribution in [2.75, 3.05) is 5.32 Å². The first-order valence-electron chi connectivity index (χ1n) is 6.10. The standard InChI is InChI=1S/C15H16N2O2/c1-11-6-12(2)8-13(7-11)10-16-14-4-3-5-15(9-14)17(18)19/h3-9,16H,10H2,1-2H3. The molecule has 0 spiro atoms. The molecule has 2 aromatic rings. The second-order valence-electron chi connectivity index (χ2n) is 4.66. The Morgan fingerprint density at radius 2 is 1.79 bits per heavy atom. The molecule has 0 saturated carbocycles. The Morgan fingerprint density at radius 1 is 1.11 bits per heavy atom. The molecule has 98 valence electrons. The van der Waals surface area contributed by atoms with Crippen LogP contribution in [0.1, 0.15) is 16.7 Å². The first-order valence-corrected chi connectivity index (χ1v) is 6.10. The van der Waals surface area contributed by atoms with Gasteiger partial charge in [-0.3, -0.25) is 10.1 Å².